The number of benzene rings is 1. The fraction of sp³-hybridized carbons (Fsp3) is 0.529. The molecule has 1 heterocycles. The molecule has 2 aliphatic rings. The summed E-state index contributed by atoms with van der Waals surface area (Å²) in [5.74, 6) is 0.0482. The van der Waals surface area contributed by atoms with Crippen LogP contribution in [0.25, 0.3) is 0 Å². The summed E-state index contributed by atoms with van der Waals surface area (Å²) in [7, 11) is 0. The summed E-state index contributed by atoms with van der Waals surface area (Å²) in [5, 5.41) is 15.6. The largest absolute Gasteiger partial charge is 0.348 e. The molecule has 0 saturated heterocycles. The maximum Gasteiger partial charge on any atom is 0.233 e. The summed E-state index contributed by atoms with van der Waals surface area (Å²) < 4.78 is 1.85. The molecule has 0 spiro atoms. The van der Waals surface area contributed by atoms with Gasteiger partial charge in [0.2, 0.25) is 11.1 Å². The second-order valence-electron chi connectivity index (χ2n) is 6.55. The van der Waals surface area contributed by atoms with Gasteiger partial charge >= 0.3 is 0 Å². The number of thioether (sulfide) groups is 1. The number of hydrogen-bond donors (Lipinski definition) is 1. The molecule has 1 amide bonds. The molecule has 6 nitrogen and oxygen atoms in total. The maximum atomic E-state index is 12.6. The first-order valence-electron chi connectivity index (χ1n) is 8.55. The molecule has 7 heteroatoms. The molecule has 126 valence electrons. The summed E-state index contributed by atoms with van der Waals surface area (Å²) in [4.78, 5) is 12.6. The Kier molecular flexibility index (Phi) is 4.26. The first-order chi connectivity index (χ1) is 11.7. The third kappa shape index (κ3) is 3.17. The normalized spacial score (nSPS) is 21.1. The second-order valence-corrected chi connectivity index (χ2v) is 7.86. The van der Waals surface area contributed by atoms with Gasteiger partial charge in [0.25, 0.3) is 0 Å². The van der Waals surface area contributed by atoms with Crippen molar-refractivity contribution in [2.45, 2.75) is 61.5 Å². The van der Waals surface area contributed by atoms with E-state index in [0.717, 1.165) is 37.3 Å². The summed E-state index contributed by atoms with van der Waals surface area (Å²) >= 11 is 1.44. The highest BCUT2D eigenvalue weighted by molar-refractivity contribution is 8.00. The summed E-state index contributed by atoms with van der Waals surface area (Å²) in [6.07, 6.45) is 5.46. The molecule has 0 aliphatic heterocycles. The minimum atomic E-state index is -0.220. The summed E-state index contributed by atoms with van der Waals surface area (Å²) in [6.45, 7) is 1.92. The van der Waals surface area contributed by atoms with Crippen molar-refractivity contribution in [3.8, 4) is 0 Å². The van der Waals surface area contributed by atoms with Crippen LogP contribution >= 0.6 is 11.8 Å². The van der Waals surface area contributed by atoms with Gasteiger partial charge in [-0.3, -0.25) is 4.79 Å². The average molecular weight is 343 g/mol. The van der Waals surface area contributed by atoms with Crippen molar-refractivity contribution in [1.29, 1.82) is 0 Å². The predicted octanol–water partition coefficient (Wildman–Crippen LogP) is 2.68. The minimum absolute atomic E-state index is 0.0482. The van der Waals surface area contributed by atoms with Crippen molar-refractivity contribution in [1.82, 2.24) is 25.5 Å². The number of rotatable bonds is 5. The van der Waals surface area contributed by atoms with Crippen LogP contribution in [0.5, 0.6) is 0 Å². The van der Waals surface area contributed by atoms with Crippen LogP contribution < -0.4 is 5.32 Å². The lowest BCUT2D eigenvalue weighted by atomic mass is 9.88. The van der Waals surface area contributed by atoms with Crippen LogP contribution in [-0.4, -0.2) is 31.4 Å². The van der Waals surface area contributed by atoms with Crippen LogP contribution in [0.4, 0.5) is 0 Å². The number of carbonyl (C=O) groups excluding carboxylic acids is 1. The van der Waals surface area contributed by atoms with E-state index < -0.39 is 0 Å². The molecular formula is C17H21N5OS. The van der Waals surface area contributed by atoms with E-state index in [9.17, 15) is 4.79 Å². The SMILES string of the molecule is C[C@@H](Sc1nnnn1C1CC1)C(=O)N[C@@H]1CCCc2ccccc21. The highest BCUT2D eigenvalue weighted by Gasteiger charge is 2.30. The standard InChI is InChI=1S/C17H21N5OS/c1-11(24-17-19-20-21-22(17)13-9-10-13)16(23)18-15-8-4-6-12-5-2-3-7-14(12)15/h2-3,5,7,11,13,15H,4,6,8-10H2,1H3,(H,18,23)/t11-,15-/m1/s1. The van der Waals surface area contributed by atoms with Gasteiger partial charge in [0.1, 0.15) is 0 Å². The molecule has 0 bridgehead atoms. The number of tetrazole rings is 1. The van der Waals surface area contributed by atoms with Gasteiger partial charge in [0.15, 0.2) is 0 Å². The van der Waals surface area contributed by atoms with Gasteiger partial charge in [0.05, 0.1) is 17.3 Å². The molecule has 2 atom stereocenters. The Morgan fingerprint density at radius 3 is 3.00 bits per heavy atom. The Morgan fingerprint density at radius 2 is 2.17 bits per heavy atom. The molecule has 0 unspecified atom stereocenters. The molecule has 1 saturated carbocycles. The Balaban J connectivity index is 1.42. The minimum Gasteiger partial charge on any atom is -0.348 e. The van der Waals surface area contributed by atoms with Crippen molar-refractivity contribution in [3.05, 3.63) is 35.4 Å². The molecule has 2 aromatic rings. The Morgan fingerprint density at radius 1 is 1.33 bits per heavy atom. The van der Waals surface area contributed by atoms with Crippen molar-refractivity contribution in [2.24, 2.45) is 0 Å². The summed E-state index contributed by atoms with van der Waals surface area (Å²) in [6, 6.07) is 8.94. The Labute approximate surface area is 145 Å². The molecule has 24 heavy (non-hydrogen) atoms. The predicted molar refractivity (Wildman–Crippen MR) is 91.7 cm³/mol. The van der Waals surface area contributed by atoms with Gasteiger partial charge in [0, 0.05) is 0 Å². The molecule has 0 radical (unpaired) electrons. The van der Waals surface area contributed by atoms with Crippen LogP contribution in [0.2, 0.25) is 0 Å². The number of fused-ring (bicyclic) bond motifs is 1. The van der Waals surface area contributed by atoms with Gasteiger partial charge in [-0.05, 0) is 60.6 Å². The molecule has 1 aromatic heterocycles. The lowest BCUT2D eigenvalue weighted by Crippen LogP contribution is -2.36. The highest BCUT2D eigenvalue weighted by Crippen LogP contribution is 2.37. The average Bonchev–Trinajstić information content (AvgIpc) is 3.34. The topological polar surface area (TPSA) is 72.7 Å². The number of hydrogen-bond acceptors (Lipinski definition) is 5. The lowest BCUT2D eigenvalue weighted by Gasteiger charge is -2.27. The third-order valence-electron chi connectivity index (χ3n) is 4.69. The Bertz CT molecular complexity index is 742. The van der Waals surface area contributed by atoms with Crippen molar-refractivity contribution < 1.29 is 4.79 Å². The lowest BCUT2D eigenvalue weighted by molar-refractivity contribution is -0.121. The first kappa shape index (κ1) is 15.6. The van der Waals surface area contributed by atoms with Gasteiger partial charge in [-0.2, -0.15) is 0 Å². The van der Waals surface area contributed by atoms with Crippen LogP contribution in [0, 0.1) is 0 Å². The van der Waals surface area contributed by atoms with Crippen molar-refractivity contribution in [2.75, 3.05) is 0 Å². The molecule has 1 fully saturated rings. The maximum absolute atomic E-state index is 12.6. The van der Waals surface area contributed by atoms with Crippen LogP contribution in [0.15, 0.2) is 29.4 Å². The smallest absolute Gasteiger partial charge is 0.233 e. The van der Waals surface area contributed by atoms with Crippen LogP contribution in [0.3, 0.4) is 0 Å². The van der Waals surface area contributed by atoms with E-state index >= 15 is 0 Å². The van der Waals surface area contributed by atoms with Crippen molar-refractivity contribution >= 4 is 17.7 Å². The Hall–Kier alpha value is -1.89. The van der Waals surface area contributed by atoms with Gasteiger partial charge in [-0.25, -0.2) is 4.68 Å². The van der Waals surface area contributed by atoms with Crippen LogP contribution in [0.1, 0.15) is 55.8 Å². The zero-order valence-electron chi connectivity index (χ0n) is 13.7. The molecule has 1 aromatic carbocycles. The van der Waals surface area contributed by atoms with E-state index in [1.54, 1.807) is 0 Å². The molecule has 4 rings (SSSR count). The highest BCUT2D eigenvalue weighted by atomic mass is 32.2. The number of aromatic nitrogens is 4. The molecular weight excluding hydrogens is 322 g/mol. The van der Waals surface area contributed by atoms with Gasteiger partial charge in [-0.15, -0.1) is 5.10 Å². The van der Waals surface area contributed by atoms with Gasteiger partial charge in [-0.1, -0.05) is 36.0 Å². The van der Waals surface area contributed by atoms with E-state index in [-0.39, 0.29) is 17.2 Å². The fourth-order valence-corrected chi connectivity index (χ4v) is 4.08. The van der Waals surface area contributed by atoms with E-state index in [4.69, 9.17) is 0 Å². The van der Waals surface area contributed by atoms with Crippen molar-refractivity contribution in [3.63, 3.8) is 0 Å². The molecule has 1 N–H and O–H groups in total. The summed E-state index contributed by atoms with van der Waals surface area (Å²) in [5.41, 5.74) is 2.61. The number of nitrogens with zero attached hydrogens (tertiary/aromatic N) is 4. The molecule has 2 aliphatic carbocycles. The van der Waals surface area contributed by atoms with Crippen LogP contribution in [-0.2, 0) is 11.2 Å². The number of amides is 1. The van der Waals surface area contributed by atoms with E-state index in [0.29, 0.717) is 6.04 Å². The number of nitrogens with one attached hydrogen (secondary N) is 1. The number of carbonyl (C=O) groups is 1. The van der Waals surface area contributed by atoms with E-state index in [1.807, 2.05) is 17.7 Å². The van der Waals surface area contributed by atoms with E-state index in [1.165, 1.54) is 22.9 Å². The van der Waals surface area contributed by atoms with Gasteiger partial charge < -0.3 is 5.32 Å². The fourth-order valence-electron chi connectivity index (χ4n) is 3.22. The second kappa shape index (κ2) is 6.55. The van der Waals surface area contributed by atoms with E-state index in [2.05, 4.69) is 39.0 Å². The quantitative estimate of drug-likeness (QED) is 0.845. The number of aryl methyl sites for hydroxylation is 1. The monoisotopic (exact) mass is 343 g/mol. The zero-order valence-corrected chi connectivity index (χ0v) is 14.5. The third-order valence-corrected chi connectivity index (χ3v) is 5.74. The zero-order chi connectivity index (χ0) is 16.5. The first-order valence-corrected chi connectivity index (χ1v) is 9.43.